The van der Waals surface area contributed by atoms with Crippen LogP contribution in [0.2, 0.25) is 5.02 Å². The van der Waals surface area contributed by atoms with Crippen LogP contribution in [0.25, 0.3) is 0 Å². The molecule has 0 atom stereocenters. The fourth-order valence-corrected chi connectivity index (χ4v) is 2.58. The lowest BCUT2D eigenvalue weighted by Crippen LogP contribution is -2.32. The van der Waals surface area contributed by atoms with Gasteiger partial charge in [0, 0.05) is 5.02 Å². The second kappa shape index (κ2) is 9.83. The van der Waals surface area contributed by atoms with Crippen molar-refractivity contribution in [1.82, 2.24) is 5.32 Å². The molecule has 0 bridgehead atoms. The number of carbonyl (C=O) groups is 2. The number of aryl methyl sites for hydroxylation is 2. The van der Waals surface area contributed by atoms with Crippen LogP contribution in [0.5, 0.6) is 11.5 Å². The zero-order valence-corrected chi connectivity index (χ0v) is 16.3. The average molecular weight is 392 g/mol. The minimum absolute atomic E-state index is 0.163. The van der Waals surface area contributed by atoms with Crippen LogP contribution in [0, 0.1) is 13.8 Å². The maximum Gasteiger partial charge on any atom is 0.342 e. The quantitative estimate of drug-likeness (QED) is 0.552. The Labute approximate surface area is 163 Å². The molecule has 0 heterocycles. The Kier molecular flexibility index (Phi) is 7.49. The zero-order chi connectivity index (χ0) is 19.8. The molecule has 0 aliphatic rings. The van der Waals surface area contributed by atoms with Gasteiger partial charge < -0.3 is 19.5 Å². The third-order valence-corrected chi connectivity index (χ3v) is 3.96. The van der Waals surface area contributed by atoms with Gasteiger partial charge in [-0.15, -0.1) is 0 Å². The van der Waals surface area contributed by atoms with Crippen molar-refractivity contribution in [2.24, 2.45) is 0 Å². The van der Waals surface area contributed by atoms with Crippen LogP contribution in [-0.2, 0) is 9.53 Å². The van der Waals surface area contributed by atoms with Crippen LogP contribution >= 0.6 is 11.6 Å². The topological polar surface area (TPSA) is 73.9 Å². The van der Waals surface area contributed by atoms with Crippen LogP contribution in [-0.4, -0.2) is 38.7 Å². The normalized spacial score (nSPS) is 10.2. The Hall–Kier alpha value is -2.73. The molecule has 0 saturated heterocycles. The van der Waals surface area contributed by atoms with E-state index < -0.39 is 18.5 Å². The third-order valence-electron chi connectivity index (χ3n) is 3.73. The fourth-order valence-electron chi connectivity index (χ4n) is 2.41. The summed E-state index contributed by atoms with van der Waals surface area (Å²) < 4.78 is 15.7. The van der Waals surface area contributed by atoms with Crippen LogP contribution in [0.3, 0.4) is 0 Å². The van der Waals surface area contributed by atoms with Gasteiger partial charge >= 0.3 is 5.97 Å². The summed E-state index contributed by atoms with van der Waals surface area (Å²) in [5.74, 6) is -0.00870. The highest BCUT2D eigenvalue weighted by molar-refractivity contribution is 6.31. The van der Waals surface area contributed by atoms with E-state index in [0.717, 1.165) is 16.9 Å². The molecule has 27 heavy (non-hydrogen) atoms. The van der Waals surface area contributed by atoms with Gasteiger partial charge in [0.25, 0.3) is 5.91 Å². The summed E-state index contributed by atoms with van der Waals surface area (Å²) in [5.41, 5.74) is 2.35. The van der Waals surface area contributed by atoms with E-state index in [4.69, 9.17) is 25.8 Å². The summed E-state index contributed by atoms with van der Waals surface area (Å²) in [6.45, 7) is 4.18. The lowest BCUT2D eigenvalue weighted by Gasteiger charge is -2.11. The summed E-state index contributed by atoms with van der Waals surface area (Å²) in [6.07, 6.45) is 0. The molecule has 7 heteroatoms. The Morgan fingerprint density at radius 3 is 2.52 bits per heavy atom. The molecule has 0 aliphatic heterocycles. The van der Waals surface area contributed by atoms with Gasteiger partial charge in [-0.25, -0.2) is 4.79 Å². The lowest BCUT2D eigenvalue weighted by molar-refractivity contribution is -0.124. The first-order valence-electron chi connectivity index (χ1n) is 8.38. The van der Waals surface area contributed by atoms with E-state index in [1.54, 1.807) is 12.1 Å². The molecule has 2 rings (SSSR count). The van der Waals surface area contributed by atoms with Crippen molar-refractivity contribution in [1.29, 1.82) is 0 Å². The molecular formula is C20H22ClNO5. The monoisotopic (exact) mass is 391 g/mol. The van der Waals surface area contributed by atoms with Gasteiger partial charge in [-0.05, 0) is 43.7 Å². The van der Waals surface area contributed by atoms with Gasteiger partial charge in [-0.1, -0.05) is 29.3 Å². The second-order valence-corrected chi connectivity index (χ2v) is 6.32. The number of halogens is 1. The van der Waals surface area contributed by atoms with Crippen LogP contribution in [0.1, 0.15) is 21.5 Å². The van der Waals surface area contributed by atoms with Gasteiger partial charge in [0.1, 0.15) is 23.7 Å². The number of nitrogens with one attached hydrogen (secondary N) is 1. The molecule has 2 aromatic rings. The van der Waals surface area contributed by atoms with E-state index in [-0.39, 0.29) is 5.56 Å². The van der Waals surface area contributed by atoms with Crippen molar-refractivity contribution in [2.75, 3.05) is 26.9 Å². The molecule has 1 N–H and O–H groups in total. The molecule has 0 spiro atoms. The highest BCUT2D eigenvalue weighted by Crippen LogP contribution is 2.23. The third kappa shape index (κ3) is 6.18. The number of rotatable bonds is 8. The Morgan fingerprint density at radius 1 is 1.07 bits per heavy atom. The smallest absolute Gasteiger partial charge is 0.342 e. The molecule has 0 aromatic heterocycles. The highest BCUT2D eigenvalue weighted by atomic mass is 35.5. The molecular weight excluding hydrogens is 370 g/mol. The molecule has 0 radical (unpaired) electrons. The van der Waals surface area contributed by atoms with Crippen molar-refractivity contribution >= 4 is 23.5 Å². The van der Waals surface area contributed by atoms with Crippen molar-refractivity contribution < 1.29 is 23.8 Å². The molecule has 0 unspecified atom stereocenters. The maximum atomic E-state index is 12.1. The van der Waals surface area contributed by atoms with Crippen LogP contribution in [0.15, 0.2) is 36.4 Å². The molecule has 0 fully saturated rings. The van der Waals surface area contributed by atoms with E-state index >= 15 is 0 Å². The SMILES string of the molecule is COc1ccc(Cl)cc1C(=O)OCC(=O)NCCOc1ccc(C)cc1C. The maximum absolute atomic E-state index is 12.1. The Balaban J connectivity index is 1.74. The number of hydrogen-bond acceptors (Lipinski definition) is 5. The lowest BCUT2D eigenvalue weighted by atomic mass is 10.1. The predicted octanol–water partition coefficient (Wildman–Crippen LogP) is 3.32. The van der Waals surface area contributed by atoms with Gasteiger partial charge in [0.15, 0.2) is 6.61 Å². The van der Waals surface area contributed by atoms with Crippen molar-refractivity contribution in [3.05, 3.63) is 58.1 Å². The summed E-state index contributed by atoms with van der Waals surface area (Å²) in [6, 6.07) is 10.5. The van der Waals surface area contributed by atoms with Crippen molar-refractivity contribution in [3.63, 3.8) is 0 Å². The van der Waals surface area contributed by atoms with Crippen molar-refractivity contribution in [2.45, 2.75) is 13.8 Å². The van der Waals surface area contributed by atoms with E-state index in [9.17, 15) is 9.59 Å². The first-order valence-corrected chi connectivity index (χ1v) is 8.76. The van der Waals surface area contributed by atoms with Crippen molar-refractivity contribution in [3.8, 4) is 11.5 Å². The molecule has 144 valence electrons. The second-order valence-electron chi connectivity index (χ2n) is 5.89. The number of hydrogen-bond donors (Lipinski definition) is 1. The zero-order valence-electron chi connectivity index (χ0n) is 15.5. The largest absolute Gasteiger partial charge is 0.496 e. The van der Waals surface area contributed by atoms with Gasteiger partial charge in [-0.3, -0.25) is 4.79 Å². The number of amides is 1. The van der Waals surface area contributed by atoms with Gasteiger partial charge in [0.05, 0.1) is 13.7 Å². The number of benzene rings is 2. The summed E-state index contributed by atoms with van der Waals surface area (Å²) in [4.78, 5) is 23.9. The summed E-state index contributed by atoms with van der Waals surface area (Å²) in [7, 11) is 1.43. The van der Waals surface area contributed by atoms with Crippen LogP contribution < -0.4 is 14.8 Å². The minimum Gasteiger partial charge on any atom is -0.496 e. The summed E-state index contributed by atoms with van der Waals surface area (Å²) in [5, 5.41) is 3.00. The minimum atomic E-state index is -0.684. The Morgan fingerprint density at radius 2 is 1.81 bits per heavy atom. The molecule has 0 saturated carbocycles. The number of esters is 1. The van der Waals surface area contributed by atoms with E-state index in [0.29, 0.717) is 23.9 Å². The molecule has 6 nitrogen and oxygen atoms in total. The highest BCUT2D eigenvalue weighted by Gasteiger charge is 2.16. The first-order chi connectivity index (χ1) is 12.9. The number of carbonyl (C=O) groups excluding carboxylic acids is 2. The van der Waals surface area contributed by atoms with Crippen LogP contribution in [0.4, 0.5) is 0 Å². The van der Waals surface area contributed by atoms with E-state index in [1.807, 2.05) is 32.0 Å². The van der Waals surface area contributed by atoms with E-state index in [2.05, 4.69) is 5.32 Å². The fraction of sp³-hybridized carbons (Fsp3) is 0.300. The summed E-state index contributed by atoms with van der Waals surface area (Å²) >= 11 is 5.88. The first kappa shape index (κ1) is 20.6. The Bertz CT molecular complexity index is 822. The van der Waals surface area contributed by atoms with Gasteiger partial charge in [0.2, 0.25) is 0 Å². The number of methoxy groups -OCH3 is 1. The van der Waals surface area contributed by atoms with Gasteiger partial charge in [-0.2, -0.15) is 0 Å². The van der Waals surface area contributed by atoms with E-state index in [1.165, 1.54) is 13.2 Å². The average Bonchev–Trinajstić information content (AvgIpc) is 2.64. The standard InChI is InChI=1S/C20H22ClNO5/c1-13-4-6-17(14(2)10-13)26-9-8-22-19(23)12-27-20(24)16-11-15(21)5-7-18(16)25-3/h4-7,10-11H,8-9,12H2,1-3H3,(H,22,23). The predicted molar refractivity (Wildman–Crippen MR) is 103 cm³/mol. The molecule has 2 aromatic carbocycles. The molecule has 0 aliphatic carbocycles. The number of ether oxygens (including phenoxy) is 3. The molecule has 1 amide bonds.